The van der Waals surface area contributed by atoms with Crippen LogP contribution in [0.4, 0.5) is 5.69 Å². The number of rotatable bonds is 6. The molecule has 5 rings (SSSR count). The monoisotopic (exact) mass is 465 g/mol. The van der Waals surface area contributed by atoms with Crippen LogP contribution < -0.4 is 4.90 Å². The van der Waals surface area contributed by atoms with E-state index in [9.17, 15) is 4.79 Å². The fourth-order valence-corrected chi connectivity index (χ4v) is 5.40. The van der Waals surface area contributed by atoms with E-state index in [-0.39, 0.29) is 5.91 Å². The first-order valence-electron chi connectivity index (χ1n) is 12.7. The maximum atomic E-state index is 13.2. The van der Waals surface area contributed by atoms with E-state index in [0.29, 0.717) is 12.5 Å². The summed E-state index contributed by atoms with van der Waals surface area (Å²) in [6, 6.07) is 26.1. The summed E-state index contributed by atoms with van der Waals surface area (Å²) in [4.78, 5) is 17.7. The van der Waals surface area contributed by atoms with Crippen molar-refractivity contribution in [2.24, 2.45) is 0 Å². The highest BCUT2D eigenvalue weighted by Crippen LogP contribution is 2.26. The summed E-state index contributed by atoms with van der Waals surface area (Å²) < 4.78 is 2.33. The molecule has 3 aromatic carbocycles. The predicted molar refractivity (Wildman–Crippen MR) is 145 cm³/mol. The lowest BCUT2D eigenvalue weighted by molar-refractivity contribution is -0.131. The first-order chi connectivity index (χ1) is 17.0. The molecule has 0 aliphatic carbocycles. The number of aryl methyl sites for hydroxylation is 3. The predicted octanol–water partition coefficient (Wildman–Crippen LogP) is 5.98. The van der Waals surface area contributed by atoms with E-state index in [0.717, 1.165) is 32.6 Å². The number of hydrogen-bond donors (Lipinski definition) is 0. The molecular formula is C31H35N3O. The highest BCUT2D eigenvalue weighted by molar-refractivity contribution is 5.85. The van der Waals surface area contributed by atoms with Crippen molar-refractivity contribution >= 4 is 22.5 Å². The second kappa shape index (κ2) is 9.99. The van der Waals surface area contributed by atoms with Crippen LogP contribution in [0.25, 0.3) is 10.9 Å². The highest BCUT2D eigenvalue weighted by atomic mass is 16.2. The fraction of sp³-hybridized carbons (Fsp3) is 0.323. The van der Waals surface area contributed by atoms with E-state index in [1.807, 2.05) is 0 Å². The van der Waals surface area contributed by atoms with Gasteiger partial charge in [0, 0.05) is 61.4 Å². The zero-order valence-corrected chi connectivity index (χ0v) is 21.1. The van der Waals surface area contributed by atoms with Crippen LogP contribution >= 0.6 is 0 Å². The molecule has 1 aromatic heterocycles. The number of fused-ring (bicyclic) bond motifs is 1. The third-order valence-electron chi connectivity index (χ3n) is 7.39. The maximum absolute atomic E-state index is 13.2. The van der Waals surface area contributed by atoms with Crippen LogP contribution in [0.2, 0.25) is 0 Å². The summed E-state index contributed by atoms with van der Waals surface area (Å²) in [7, 11) is 0. The van der Waals surface area contributed by atoms with Gasteiger partial charge in [0.05, 0.1) is 0 Å². The molecule has 1 aliphatic heterocycles. The van der Waals surface area contributed by atoms with Crippen molar-refractivity contribution in [3.05, 3.63) is 101 Å². The zero-order valence-electron chi connectivity index (χ0n) is 21.1. The Morgan fingerprint density at radius 1 is 0.914 bits per heavy atom. The van der Waals surface area contributed by atoms with Gasteiger partial charge in [0.15, 0.2) is 0 Å². The molecule has 4 nitrogen and oxygen atoms in total. The Hall–Kier alpha value is -3.53. The van der Waals surface area contributed by atoms with E-state index in [1.165, 1.54) is 38.8 Å². The van der Waals surface area contributed by atoms with Crippen LogP contribution in [0.3, 0.4) is 0 Å². The highest BCUT2D eigenvalue weighted by Gasteiger charge is 2.27. The van der Waals surface area contributed by atoms with Gasteiger partial charge in [-0.3, -0.25) is 4.79 Å². The summed E-state index contributed by atoms with van der Waals surface area (Å²) in [6.45, 7) is 9.81. The van der Waals surface area contributed by atoms with Crippen LogP contribution in [-0.2, 0) is 17.8 Å². The van der Waals surface area contributed by atoms with Crippen molar-refractivity contribution in [1.29, 1.82) is 0 Å². The van der Waals surface area contributed by atoms with Crippen LogP contribution in [0.15, 0.2) is 79.0 Å². The number of aromatic nitrogens is 1. The quantitative estimate of drug-likeness (QED) is 0.351. The van der Waals surface area contributed by atoms with Gasteiger partial charge in [0.25, 0.3) is 0 Å². The molecule has 2 heterocycles. The lowest BCUT2D eigenvalue weighted by atomic mass is 10.1. The maximum Gasteiger partial charge on any atom is 0.223 e. The molecule has 0 N–H and O–H groups in total. The Morgan fingerprint density at radius 2 is 1.71 bits per heavy atom. The van der Waals surface area contributed by atoms with E-state index >= 15 is 0 Å². The van der Waals surface area contributed by atoms with Gasteiger partial charge < -0.3 is 14.4 Å². The Labute approximate surface area is 208 Å². The standard InChI is InChI=1S/C31H35N3O/c1-23-9-8-12-28(19-23)34-18-17-32(20-25(34)3)31(35)16-15-27-22-33(30-14-7-6-13-29(27)30)21-26-11-5-4-10-24(26)2/h4-14,19,22,25H,15-18,20-21H2,1-3H3/t25-/m0/s1. The minimum absolute atomic E-state index is 0.261. The van der Waals surface area contributed by atoms with Crippen LogP contribution in [0.5, 0.6) is 0 Å². The van der Waals surface area contributed by atoms with Gasteiger partial charge in [0.2, 0.25) is 5.91 Å². The van der Waals surface area contributed by atoms with Crippen LogP contribution in [0, 0.1) is 13.8 Å². The van der Waals surface area contributed by atoms with Crippen LogP contribution in [-0.4, -0.2) is 41.1 Å². The van der Waals surface area contributed by atoms with E-state index in [1.54, 1.807) is 0 Å². The number of benzene rings is 3. The number of anilines is 1. The third-order valence-corrected chi connectivity index (χ3v) is 7.39. The second-order valence-electron chi connectivity index (χ2n) is 9.95. The second-order valence-corrected chi connectivity index (χ2v) is 9.95. The lowest BCUT2D eigenvalue weighted by Crippen LogP contribution is -2.53. The molecule has 1 saturated heterocycles. The van der Waals surface area contributed by atoms with E-state index in [2.05, 4.69) is 114 Å². The summed E-state index contributed by atoms with van der Waals surface area (Å²) in [5.41, 5.74) is 7.66. The molecule has 1 aliphatic rings. The zero-order chi connectivity index (χ0) is 24.4. The molecule has 1 fully saturated rings. The molecule has 1 amide bonds. The van der Waals surface area contributed by atoms with Crippen molar-refractivity contribution < 1.29 is 4.79 Å². The van der Waals surface area contributed by atoms with Gasteiger partial charge >= 0.3 is 0 Å². The van der Waals surface area contributed by atoms with Gasteiger partial charge in [-0.1, -0.05) is 54.6 Å². The summed E-state index contributed by atoms with van der Waals surface area (Å²) >= 11 is 0. The SMILES string of the molecule is Cc1cccc(N2CCN(C(=O)CCc3cn(Cc4ccccc4C)c4ccccc34)C[C@@H]2C)c1. The molecule has 0 radical (unpaired) electrons. The van der Waals surface area contributed by atoms with Gasteiger partial charge in [0.1, 0.15) is 0 Å². The van der Waals surface area contributed by atoms with Crippen molar-refractivity contribution in [2.45, 2.75) is 46.2 Å². The van der Waals surface area contributed by atoms with E-state index < -0.39 is 0 Å². The minimum atomic E-state index is 0.261. The number of carbonyl (C=O) groups excluding carboxylic acids is 1. The van der Waals surface area contributed by atoms with Crippen molar-refractivity contribution in [3.8, 4) is 0 Å². The van der Waals surface area contributed by atoms with Crippen molar-refractivity contribution in [1.82, 2.24) is 9.47 Å². The van der Waals surface area contributed by atoms with Crippen molar-refractivity contribution in [3.63, 3.8) is 0 Å². The normalized spacial score (nSPS) is 16.1. The Bertz CT molecular complexity index is 1340. The number of amides is 1. The molecule has 4 heteroatoms. The Balaban J connectivity index is 1.26. The van der Waals surface area contributed by atoms with Gasteiger partial charge in [-0.2, -0.15) is 0 Å². The average Bonchev–Trinajstić information content (AvgIpc) is 3.21. The Morgan fingerprint density at radius 3 is 2.51 bits per heavy atom. The van der Waals surface area contributed by atoms with Crippen LogP contribution in [0.1, 0.15) is 35.6 Å². The minimum Gasteiger partial charge on any atom is -0.365 e. The topological polar surface area (TPSA) is 28.5 Å². The lowest BCUT2D eigenvalue weighted by Gasteiger charge is -2.41. The van der Waals surface area contributed by atoms with Gasteiger partial charge in [-0.15, -0.1) is 0 Å². The number of para-hydroxylation sites is 1. The molecule has 0 spiro atoms. The molecule has 35 heavy (non-hydrogen) atoms. The molecule has 0 saturated carbocycles. The summed E-state index contributed by atoms with van der Waals surface area (Å²) in [5, 5.41) is 1.26. The van der Waals surface area contributed by atoms with Gasteiger partial charge in [-0.25, -0.2) is 0 Å². The fourth-order valence-electron chi connectivity index (χ4n) is 5.40. The first-order valence-corrected chi connectivity index (χ1v) is 12.7. The number of hydrogen-bond acceptors (Lipinski definition) is 2. The first kappa shape index (κ1) is 23.2. The molecule has 4 aromatic rings. The summed E-state index contributed by atoms with van der Waals surface area (Å²) in [5.74, 6) is 0.261. The average molecular weight is 466 g/mol. The van der Waals surface area contributed by atoms with Crippen molar-refractivity contribution in [2.75, 3.05) is 24.5 Å². The third kappa shape index (κ3) is 4.97. The summed E-state index contributed by atoms with van der Waals surface area (Å²) in [6.07, 6.45) is 3.57. The largest absolute Gasteiger partial charge is 0.365 e. The van der Waals surface area contributed by atoms with E-state index in [4.69, 9.17) is 0 Å². The number of nitrogens with zero attached hydrogens (tertiary/aromatic N) is 3. The molecule has 0 unspecified atom stereocenters. The Kier molecular flexibility index (Phi) is 6.63. The molecule has 1 atom stereocenters. The molecular weight excluding hydrogens is 430 g/mol. The smallest absolute Gasteiger partial charge is 0.223 e. The molecule has 180 valence electrons. The van der Waals surface area contributed by atoms with Gasteiger partial charge in [-0.05, 0) is 67.6 Å². The number of carbonyl (C=O) groups is 1. The number of piperazine rings is 1. The molecule has 0 bridgehead atoms.